The molecule has 0 bridgehead atoms. The fraction of sp³-hybridized carbons (Fsp3) is 0.474. The molecule has 1 aliphatic heterocycles. The SMILES string of the molecule is CCOc1ccc(OCC(=O)N2C[C@@H](Cc3cc(C)[nH]n3)[C@H](O)C2)cc1. The van der Waals surface area contributed by atoms with Crippen LogP contribution in [0, 0.1) is 12.8 Å². The number of aryl methyl sites for hydroxylation is 1. The van der Waals surface area contributed by atoms with Crippen molar-refractivity contribution in [3.05, 3.63) is 41.7 Å². The molecule has 0 spiro atoms. The van der Waals surface area contributed by atoms with Crippen LogP contribution in [0.1, 0.15) is 18.3 Å². The Labute approximate surface area is 152 Å². The molecule has 2 N–H and O–H groups in total. The summed E-state index contributed by atoms with van der Waals surface area (Å²) in [7, 11) is 0. The average molecular weight is 359 g/mol. The minimum Gasteiger partial charge on any atom is -0.494 e. The van der Waals surface area contributed by atoms with Crippen LogP contribution in [0.3, 0.4) is 0 Å². The highest BCUT2D eigenvalue weighted by molar-refractivity contribution is 5.78. The van der Waals surface area contributed by atoms with Gasteiger partial charge in [-0.1, -0.05) is 0 Å². The summed E-state index contributed by atoms with van der Waals surface area (Å²) in [6, 6.07) is 9.14. The van der Waals surface area contributed by atoms with Crippen LogP contribution in [0.15, 0.2) is 30.3 Å². The molecule has 1 fully saturated rings. The molecule has 1 aromatic carbocycles. The zero-order chi connectivity index (χ0) is 18.5. The molecule has 0 radical (unpaired) electrons. The van der Waals surface area contributed by atoms with E-state index in [0.717, 1.165) is 17.1 Å². The zero-order valence-electron chi connectivity index (χ0n) is 15.1. The van der Waals surface area contributed by atoms with E-state index < -0.39 is 6.10 Å². The van der Waals surface area contributed by atoms with Gasteiger partial charge in [-0.25, -0.2) is 0 Å². The summed E-state index contributed by atoms with van der Waals surface area (Å²) in [6.45, 7) is 5.27. The second-order valence-corrected chi connectivity index (χ2v) is 6.57. The predicted molar refractivity (Wildman–Crippen MR) is 96.2 cm³/mol. The molecule has 3 rings (SSSR count). The lowest BCUT2D eigenvalue weighted by atomic mass is 10.0. The number of carbonyl (C=O) groups is 1. The highest BCUT2D eigenvalue weighted by Gasteiger charge is 2.34. The second-order valence-electron chi connectivity index (χ2n) is 6.57. The molecule has 26 heavy (non-hydrogen) atoms. The number of likely N-dealkylation sites (tertiary alicyclic amines) is 1. The number of benzene rings is 1. The van der Waals surface area contributed by atoms with Crippen molar-refractivity contribution >= 4 is 5.91 Å². The van der Waals surface area contributed by atoms with Crippen LogP contribution >= 0.6 is 0 Å². The van der Waals surface area contributed by atoms with Gasteiger partial charge in [-0.2, -0.15) is 5.10 Å². The van der Waals surface area contributed by atoms with Gasteiger partial charge in [-0.15, -0.1) is 0 Å². The third-order valence-corrected chi connectivity index (χ3v) is 4.49. The molecule has 1 aromatic heterocycles. The molecule has 1 amide bonds. The quantitative estimate of drug-likeness (QED) is 0.783. The van der Waals surface area contributed by atoms with E-state index >= 15 is 0 Å². The summed E-state index contributed by atoms with van der Waals surface area (Å²) in [6.07, 6.45) is 0.108. The first kappa shape index (κ1) is 18.3. The Kier molecular flexibility index (Phi) is 5.78. The Morgan fingerprint density at radius 1 is 1.27 bits per heavy atom. The number of amides is 1. The number of hydrogen-bond acceptors (Lipinski definition) is 5. The number of aromatic nitrogens is 2. The van der Waals surface area contributed by atoms with Crippen molar-refractivity contribution in [3.8, 4) is 11.5 Å². The van der Waals surface area contributed by atoms with Crippen molar-refractivity contribution in [2.24, 2.45) is 5.92 Å². The summed E-state index contributed by atoms with van der Waals surface area (Å²) < 4.78 is 10.9. The van der Waals surface area contributed by atoms with E-state index in [2.05, 4.69) is 10.2 Å². The molecule has 0 aliphatic carbocycles. The van der Waals surface area contributed by atoms with Crippen LogP contribution in [-0.4, -0.2) is 58.5 Å². The fourth-order valence-electron chi connectivity index (χ4n) is 3.14. The van der Waals surface area contributed by atoms with Gasteiger partial charge >= 0.3 is 0 Å². The van der Waals surface area contributed by atoms with Crippen LogP contribution < -0.4 is 9.47 Å². The molecule has 2 heterocycles. The number of aliphatic hydroxyl groups excluding tert-OH is 1. The Hall–Kier alpha value is -2.54. The molecule has 7 heteroatoms. The number of aromatic amines is 1. The Bertz CT molecular complexity index is 729. The predicted octanol–water partition coefficient (Wildman–Crippen LogP) is 1.56. The maximum Gasteiger partial charge on any atom is 0.260 e. The van der Waals surface area contributed by atoms with Gasteiger partial charge in [0.2, 0.25) is 0 Å². The van der Waals surface area contributed by atoms with E-state index in [1.54, 1.807) is 17.0 Å². The van der Waals surface area contributed by atoms with Crippen molar-refractivity contribution in [2.45, 2.75) is 26.4 Å². The number of β-amino-alcohol motifs (C(OH)–C–C–N with tert-alkyl or cyclic N) is 1. The third-order valence-electron chi connectivity index (χ3n) is 4.49. The summed E-state index contributed by atoms with van der Waals surface area (Å²) >= 11 is 0. The highest BCUT2D eigenvalue weighted by atomic mass is 16.5. The van der Waals surface area contributed by atoms with E-state index in [4.69, 9.17) is 9.47 Å². The number of carbonyl (C=O) groups excluding carboxylic acids is 1. The highest BCUT2D eigenvalue weighted by Crippen LogP contribution is 2.22. The molecule has 1 aliphatic rings. The zero-order valence-corrected chi connectivity index (χ0v) is 15.1. The molecular formula is C19H25N3O4. The van der Waals surface area contributed by atoms with Crippen molar-refractivity contribution < 1.29 is 19.4 Å². The summed E-state index contributed by atoms with van der Waals surface area (Å²) in [5.74, 6) is 1.25. The minimum absolute atomic E-state index is 0.00729. The van der Waals surface area contributed by atoms with E-state index in [-0.39, 0.29) is 18.4 Å². The summed E-state index contributed by atoms with van der Waals surface area (Å²) in [5.41, 5.74) is 1.90. The second kappa shape index (κ2) is 8.23. The summed E-state index contributed by atoms with van der Waals surface area (Å²) in [5, 5.41) is 17.4. The maximum atomic E-state index is 12.4. The van der Waals surface area contributed by atoms with E-state index in [0.29, 0.717) is 31.9 Å². The largest absolute Gasteiger partial charge is 0.494 e. The van der Waals surface area contributed by atoms with Crippen LogP contribution in [0.2, 0.25) is 0 Å². The van der Waals surface area contributed by atoms with Crippen LogP contribution in [0.4, 0.5) is 0 Å². The first-order valence-corrected chi connectivity index (χ1v) is 8.87. The molecule has 2 aromatic rings. The van der Waals surface area contributed by atoms with Gasteiger partial charge in [0.15, 0.2) is 6.61 Å². The number of rotatable bonds is 7. The van der Waals surface area contributed by atoms with Gasteiger partial charge in [0.05, 0.1) is 18.4 Å². The lowest BCUT2D eigenvalue weighted by molar-refractivity contribution is -0.132. The molecule has 0 saturated carbocycles. The van der Waals surface area contributed by atoms with Gasteiger partial charge in [0, 0.05) is 24.7 Å². The fourth-order valence-corrected chi connectivity index (χ4v) is 3.14. The number of nitrogens with one attached hydrogen (secondary N) is 1. The lowest BCUT2D eigenvalue weighted by Gasteiger charge is -2.16. The minimum atomic E-state index is -0.540. The van der Waals surface area contributed by atoms with Crippen LogP contribution in [0.25, 0.3) is 0 Å². The van der Waals surface area contributed by atoms with Gasteiger partial charge in [0.1, 0.15) is 11.5 Å². The smallest absolute Gasteiger partial charge is 0.260 e. The molecule has 1 saturated heterocycles. The van der Waals surface area contributed by atoms with Gasteiger partial charge < -0.3 is 19.5 Å². The Morgan fingerprint density at radius 3 is 2.58 bits per heavy atom. The number of ether oxygens (including phenoxy) is 2. The van der Waals surface area contributed by atoms with Gasteiger partial charge in [-0.05, 0) is 50.6 Å². The number of hydrogen-bond donors (Lipinski definition) is 2. The molecule has 2 atom stereocenters. The number of H-pyrrole nitrogens is 1. The first-order chi connectivity index (χ1) is 12.5. The average Bonchev–Trinajstić information content (AvgIpc) is 3.20. The standard InChI is InChI=1S/C19H25N3O4/c1-3-25-16-4-6-17(7-5-16)26-12-19(24)22-10-14(18(23)11-22)9-15-8-13(2)20-21-15/h4-8,14,18,23H,3,9-12H2,1-2H3,(H,20,21)/t14-,18-/m1/s1. The van der Waals surface area contributed by atoms with Crippen molar-refractivity contribution in [1.82, 2.24) is 15.1 Å². The van der Waals surface area contributed by atoms with Gasteiger partial charge in [0.25, 0.3) is 5.91 Å². The molecule has 140 valence electrons. The molecule has 0 unspecified atom stereocenters. The molecular weight excluding hydrogens is 334 g/mol. The van der Waals surface area contributed by atoms with Crippen molar-refractivity contribution in [1.29, 1.82) is 0 Å². The maximum absolute atomic E-state index is 12.4. The normalized spacial score (nSPS) is 19.6. The Morgan fingerprint density at radius 2 is 1.96 bits per heavy atom. The topological polar surface area (TPSA) is 87.7 Å². The van der Waals surface area contributed by atoms with E-state index in [1.807, 2.05) is 32.0 Å². The van der Waals surface area contributed by atoms with Crippen molar-refractivity contribution in [2.75, 3.05) is 26.3 Å². The lowest BCUT2D eigenvalue weighted by Crippen LogP contribution is -2.33. The van der Waals surface area contributed by atoms with Crippen LogP contribution in [0.5, 0.6) is 11.5 Å². The van der Waals surface area contributed by atoms with Gasteiger partial charge in [-0.3, -0.25) is 9.89 Å². The monoisotopic (exact) mass is 359 g/mol. The van der Waals surface area contributed by atoms with Crippen LogP contribution in [-0.2, 0) is 11.2 Å². The molecule has 7 nitrogen and oxygen atoms in total. The van der Waals surface area contributed by atoms with E-state index in [1.165, 1.54) is 0 Å². The third kappa shape index (κ3) is 4.54. The Balaban J connectivity index is 1.49. The number of aliphatic hydroxyl groups is 1. The van der Waals surface area contributed by atoms with E-state index in [9.17, 15) is 9.90 Å². The number of nitrogens with zero attached hydrogens (tertiary/aromatic N) is 2. The van der Waals surface area contributed by atoms with Crippen molar-refractivity contribution in [3.63, 3.8) is 0 Å². The summed E-state index contributed by atoms with van der Waals surface area (Å²) in [4.78, 5) is 14.0. The first-order valence-electron chi connectivity index (χ1n) is 8.87.